The number of nitrogens with two attached hydrogens (primary N) is 1. The standard InChI is InChI=1S/C9H8F2N4/c10-7-3-6(4-8(11)5-7)9-1-2-13-14-15(9)12/h1-5,14H,12H2. The molecule has 1 aliphatic rings. The van der Waals surface area contributed by atoms with E-state index in [-0.39, 0.29) is 0 Å². The average Bonchev–Trinajstić information content (AvgIpc) is 2.16. The monoisotopic (exact) mass is 210 g/mol. The first-order chi connectivity index (χ1) is 7.16. The van der Waals surface area contributed by atoms with Gasteiger partial charge in [0, 0.05) is 11.6 Å². The van der Waals surface area contributed by atoms with Crippen LogP contribution in [0.5, 0.6) is 0 Å². The summed E-state index contributed by atoms with van der Waals surface area (Å²) in [5.41, 5.74) is 3.21. The summed E-state index contributed by atoms with van der Waals surface area (Å²) in [5, 5.41) is 4.72. The van der Waals surface area contributed by atoms with E-state index in [0.717, 1.165) is 11.2 Å². The maximum atomic E-state index is 12.9. The summed E-state index contributed by atoms with van der Waals surface area (Å²) < 4.78 is 25.9. The summed E-state index contributed by atoms with van der Waals surface area (Å²) in [6.45, 7) is 0. The van der Waals surface area contributed by atoms with Crippen molar-refractivity contribution in [2.45, 2.75) is 0 Å². The Bertz CT molecular complexity index is 421. The Morgan fingerprint density at radius 2 is 1.87 bits per heavy atom. The van der Waals surface area contributed by atoms with Gasteiger partial charge in [-0.3, -0.25) is 0 Å². The fourth-order valence-electron chi connectivity index (χ4n) is 1.27. The van der Waals surface area contributed by atoms with Crippen molar-refractivity contribution in [1.82, 2.24) is 10.7 Å². The molecule has 6 heteroatoms. The molecule has 0 amide bonds. The molecule has 78 valence electrons. The predicted molar refractivity (Wildman–Crippen MR) is 52.0 cm³/mol. The minimum absolute atomic E-state index is 0.341. The van der Waals surface area contributed by atoms with Crippen LogP contribution in [0.2, 0.25) is 0 Å². The van der Waals surface area contributed by atoms with E-state index in [1.54, 1.807) is 6.08 Å². The minimum Gasteiger partial charge on any atom is -0.227 e. The molecule has 1 aromatic carbocycles. The van der Waals surface area contributed by atoms with E-state index in [9.17, 15) is 8.78 Å². The third kappa shape index (κ3) is 1.94. The van der Waals surface area contributed by atoms with Gasteiger partial charge in [0.1, 0.15) is 11.6 Å². The van der Waals surface area contributed by atoms with Crippen molar-refractivity contribution < 1.29 is 8.78 Å². The van der Waals surface area contributed by atoms with Crippen LogP contribution in [0.4, 0.5) is 8.78 Å². The summed E-state index contributed by atoms with van der Waals surface area (Å²) in [7, 11) is 0. The van der Waals surface area contributed by atoms with Crippen molar-refractivity contribution in [2.24, 2.45) is 10.9 Å². The third-order valence-corrected chi connectivity index (χ3v) is 1.89. The molecule has 0 fully saturated rings. The lowest BCUT2D eigenvalue weighted by molar-refractivity contribution is 0.304. The summed E-state index contributed by atoms with van der Waals surface area (Å²) in [6.07, 6.45) is 2.99. The number of nitrogens with one attached hydrogen (secondary N) is 1. The van der Waals surface area contributed by atoms with Gasteiger partial charge < -0.3 is 0 Å². The molecule has 0 bridgehead atoms. The van der Waals surface area contributed by atoms with Gasteiger partial charge in [0.15, 0.2) is 0 Å². The van der Waals surface area contributed by atoms with Crippen LogP contribution in [0.3, 0.4) is 0 Å². The molecule has 2 rings (SSSR count). The molecule has 4 nitrogen and oxygen atoms in total. The van der Waals surface area contributed by atoms with E-state index in [1.807, 2.05) is 0 Å². The molecule has 0 aliphatic carbocycles. The molecule has 1 aromatic rings. The fraction of sp³-hybridized carbons (Fsp3) is 0. The Morgan fingerprint density at radius 3 is 2.47 bits per heavy atom. The molecular formula is C9H8F2N4. The number of benzene rings is 1. The number of hydrazine groups is 2. The first-order valence-electron chi connectivity index (χ1n) is 4.17. The molecule has 0 radical (unpaired) electrons. The van der Waals surface area contributed by atoms with Gasteiger partial charge in [0.25, 0.3) is 0 Å². The van der Waals surface area contributed by atoms with Gasteiger partial charge in [0.2, 0.25) is 0 Å². The van der Waals surface area contributed by atoms with Gasteiger partial charge in [-0.15, -0.1) is 0 Å². The topological polar surface area (TPSA) is 53.6 Å². The quantitative estimate of drug-likeness (QED) is 0.679. The lowest BCUT2D eigenvalue weighted by atomic mass is 10.1. The number of halogens is 2. The molecule has 1 heterocycles. The van der Waals surface area contributed by atoms with E-state index < -0.39 is 11.6 Å². The van der Waals surface area contributed by atoms with Gasteiger partial charge in [-0.05, 0) is 18.2 Å². The fourth-order valence-corrected chi connectivity index (χ4v) is 1.27. The maximum absolute atomic E-state index is 12.9. The molecule has 0 aromatic heterocycles. The average molecular weight is 210 g/mol. The molecule has 0 spiro atoms. The third-order valence-electron chi connectivity index (χ3n) is 1.89. The Kier molecular flexibility index (Phi) is 2.34. The summed E-state index contributed by atoms with van der Waals surface area (Å²) in [6, 6.07) is 3.18. The van der Waals surface area contributed by atoms with Gasteiger partial charge in [-0.25, -0.2) is 25.3 Å². The van der Waals surface area contributed by atoms with E-state index in [0.29, 0.717) is 11.3 Å². The number of hydrogen-bond acceptors (Lipinski definition) is 4. The first-order valence-corrected chi connectivity index (χ1v) is 4.17. The Morgan fingerprint density at radius 1 is 1.20 bits per heavy atom. The summed E-state index contributed by atoms with van der Waals surface area (Å²) in [4.78, 5) is 0. The number of allylic oxidation sites excluding steroid dienone is 1. The summed E-state index contributed by atoms with van der Waals surface area (Å²) >= 11 is 0. The van der Waals surface area contributed by atoms with Crippen LogP contribution >= 0.6 is 0 Å². The number of hydrogen-bond donors (Lipinski definition) is 2. The van der Waals surface area contributed by atoms with Crippen LogP contribution in [0, 0.1) is 11.6 Å². The van der Waals surface area contributed by atoms with Crippen LogP contribution < -0.4 is 11.4 Å². The molecule has 1 aliphatic heterocycles. The highest BCUT2D eigenvalue weighted by atomic mass is 19.1. The Balaban J connectivity index is 2.44. The minimum atomic E-state index is -0.651. The second-order valence-electron chi connectivity index (χ2n) is 2.96. The molecule has 3 N–H and O–H groups in total. The van der Waals surface area contributed by atoms with Crippen LogP contribution in [0.15, 0.2) is 29.4 Å². The highest BCUT2D eigenvalue weighted by Gasteiger charge is 2.11. The van der Waals surface area contributed by atoms with Crippen LogP contribution in [0.1, 0.15) is 5.56 Å². The molecule has 0 atom stereocenters. The van der Waals surface area contributed by atoms with Crippen LogP contribution in [-0.4, -0.2) is 11.3 Å². The van der Waals surface area contributed by atoms with E-state index in [4.69, 9.17) is 5.84 Å². The van der Waals surface area contributed by atoms with E-state index in [1.165, 1.54) is 18.3 Å². The normalized spacial score (nSPS) is 14.9. The molecular weight excluding hydrogens is 202 g/mol. The van der Waals surface area contributed by atoms with Crippen molar-refractivity contribution >= 4 is 11.9 Å². The second-order valence-corrected chi connectivity index (χ2v) is 2.96. The van der Waals surface area contributed by atoms with E-state index in [2.05, 4.69) is 10.6 Å². The summed E-state index contributed by atoms with van der Waals surface area (Å²) in [5.74, 6) is 4.20. The highest BCUT2D eigenvalue weighted by Crippen LogP contribution is 2.18. The number of nitrogens with zero attached hydrogens (tertiary/aromatic N) is 2. The predicted octanol–water partition coefficient (Wildman–Crippen LogP) is 0.985. The Labute approximate surface area is 84.6 Å². The van der Waals surface area contributed by atoms with Crippen molar-refractivity contribution in [3.63, 3.8) is 0 Å². The molecule has 15 heavy (non-hydrogen) atoms. The molecule has 0 saturated carbocycles. The van der Waals surface area contributed by atoms with E-state index >= 15 is 0 Å². The molecule has 0 unspecified atom stereocenters. The van der Waals surface area contributed by atoms with Gasteiger partial charge >= 0.3 is 0 Å². The molecule has 0 saturated heterocycles. The van der Waals surface area contributed by atoms with Gasteiger partial charge in [-0.1, -0.05) is 0 Å². The number of hydrazone groups is 1. The Hall–Kier alpha value is -1.95. The van der Waals surface area contributed by atoms with Crippen molar-refractivity contribution in [3.05, 3.63) is 41.5 Å². The van der Waals surface area contributed by atoms with Crippen molar-refractivity contribution in [1.29, 1.82) is 0 Å². The smallest absolute Gasteiger partial charge is 0.126 e. The van der Waals surface area contributed by atoms with Crippen LogP contribution in [0.25, 0.3) is 5.70 Å². The lowest BCUT2D eigenvalue weighted by Crippen LogP contribution is -2.40. The number of rotatable bonds is 1. The highest BCUT2D eigenvalue weighted by molar-refractivity contribution is 5.84. The van der Waals surface area contributed by atoms with Crippen LogP contribution in [-0.2, 0) is 0 Å². The first kappa shape index (κ1) is 9.60. The van der Waals surface area contributed by atoms with Crippen molar-refractivity contribution in [2.75, 3.05) is 0 Å². The lowest BCUT2D eigenvalue weighted by Gasteiger charge is -2.22. The maximum Gasteiger partial charge on any atom is 0.126 e. The SMILES string of the molecule is NN1NN=CC=C1c1cc(F)cc(F)c1. The van der Waals surface area contributed by atoms with Gasteiger partial charge in [0.05, 0.1) is 11.9 Å². The zero-order valence-corrected chi connectivity index (χ0v) is 7.61. The largest absolute Gasteiger partial charge is 0.227 e. The zero-order valence-electron chi connectivity index (χ0n) is 7.61. The second kappa shape index (κ2) is 3.66. The van der Waals surface area contributed by atoms with Crippen molar-refractivity contribution in [3.8, 4) is 0 Å². The zero-order chi connectivity index (χ0) is 10.8. The van der Waals surface area contributed by atoms with Gasteiger partial charge in [-0.2, -0.15) is 5.10 Å².